The van der Waals surface area contributed by atoms with Crippen LogP contribution in [0, 0.1) is 0 Å². The molecule has 0 aromatic rings. The lowest BCUT2D eigenvalue weighted by atomic mass is 10.0. The van der Waals surface area contributed by atoms with E-state index in [0.717, 1.165) is 0 Å². The molecule has 0 saturated heterocycles. The monoisotopic (exact) mass is 432 g/mol. The average molecular weight is 433 g/mol. The van der Waals surface area contributed by atoms with Crippen LogP contribution in [-0.4, -0.2) is 0 Å². The van der Waals surface area contributed by atoms with E-state index < -0.39 is 0 Å². The lowest BCUT2D eigenvalue weighted by Crippen LogP contribution is -1.84. The average Bonchev–Trinajstić information content (AvgIpc) is 2.78. The van der Waals surface area contributed by atoms with Gasteiger partial charge in [-0.25, -0.2) is 0 Å². The van der Waals surface area contributed by atoms with E-state index >= 15 is 0 Å². The van der Waals surface area contributed by atoms with Crippen molar-refractivity contribution in [3.05, 3.63) is 24.3 Å². The highest BCUT2D eigenvalue weighted by Crippen LogP contribution is 2.14. The molecule has 0 nitrogen and oxygen atoms in total. The minimum absolute atomic E-state index is 1.28. The first kappa shape index (κ1) is 30.5. The zero-order valence-electron chi connectivity index (χ0n) is 22.0. The highest BCUT2D eigenvalue weighted by Gasteiger charge is 1.95. The topological polar surface area (TPSA) is 0 Å². The molecule has 0 aliphatic rings. The summed E-state index contributed by atoms with van der Waals surface area (Å²) in [4.78, 5) is 0. The van der Waals surface area contributed by atoms with Gasteiger partial charge < -0.3 is 0 Å². The predicted molar refractivity (Wildman–Crippen MR) is 145 cm³/mol. The Bertz CT molecular complexity index is 351. The van der Waals surface area contributed by atoms with Gasteiger partial charge in [0.25, 0.3) is 0 Å². The molecular formula is C31H60. The van der Waals surface area contributed by atoms with Crippen LogP contribution >= 0.6 is 0 Å². The zero-order valence-corrected chi connectivity index (χ0v) is 22.0. The van der Waals surface area contributed by atoms with Crippen LogP contribution in [0.25, 0.3) is 0 Å². The molecule has 0 saturated carbocycles. The number of rotatable bonds is 26. The molecule has 0 amide bonds. The van der Waals surface area contributed by atoms with E-state index in [4.69, 9.17) is 0 Å². The molecule has 31 heavy (non-hydrogen) atoms. The summed E-state index contributed by atoms with van der Waals surface area (Å²) in [5.74, 6) is 0. The first-order chi connectivity index (χ1) is 15.4. The quantitative estimate of drug-likeness (QED) is 0.0941. The first-order valence-corrected chi connectivity index (χ1v) is 14.7. The molecule has 0 aliphatic carbocycles. The molecule has 0 atom stereocenters. The van der Waals surface area contributed by atoms with Gasteiger partial charge in [-0.3, -0.25) is 0 Å². The van der Waals surface area contributed by atoms with E-state index in [-0.39, 0.29) is 0 Å². The zero-order chi connectivity index (χ0) is 22.5. The van der Waals surface area contributed by atoms with E-state index in [1.165, 1.54) is 161 Å². The largest absolute Gasteiger partial charge is 0.0917 e. The van der Waals surface area contributed by atoms with E-state index in [9.17, 15) is 0 Å². The van der Waals surface area contributed by atoms with Crippen LogP contribution in [0.5, 0.6) is 0 Å². The maximum Gasteiger partial charge on any atom is -0.0351 e. The van der Waals surface area contributed by atoms with Gasteiger partial charge in [-0.15, -0.1) is 0 Å². The Kier molecular flexibility index (Phi) is 29.0. The van der Waals surface area contributed by atoms with E-state index in [1.54, 1.807) is 0 Å². The maximum atomic E-state index is 2.44. The number of hydrogen-bond acceptors (Lipinski definition) is 0. The summed E-state index contributed by atoms with van der Waals surface area (Å²) in [6, 6.07) is 0. The van der Waals surface area contributed by atoms with Gasteiger partial charge in [-0.05, 0) is 45.4 Å². The van der Waals surface area contributed by atoms with Gasteiger partial charge in [0.15, 0.2) is 0 Å². The van der Waals surface area contributed by atoms with Gasteiger partial charge in [0.05, 0.1) is 0 Å². The Hall–Kier alpha value is -0.520. The molecule has 0 aliphatic heterocycles. The fraction of sp³-hybridized carbons (Fsp3) is 0.871. The third-order valence-corrected chi connectivity index (χ3v) is 6.62. The molecule has 0 fully saturated rings. The third-order valence-electron chi connectivity index (χ3n) is 6.62. The van der Waals surface area contributed by atoms with Crippen LogP contribution in [0.15, 0.2) is 24.3 Å². The molecule has 0 aromatic carbocycles. The summed E-state index contributed by atoms with van der Waals surface area (Å²) in [6.07, 6.45) is 45.1. The van der Waals surface area contributed by atoms with Crippen LogP contribution in [0.3, 0.4) is 0 Å². The van der Waals surface area contributed by atoms with Gasteiger partial charge in [0, 0.05) is 0 Å². The van der Waals surface area contributed by atoms with Crippen LogP contribution < -0.4 is 0 Å². The van der Waals surface area contributed by atoms with Crippen molar-refractivity contribution >= 4 is 0 Å². The summed E-state index contributed by atoms with van der Waals surface area (Å²) < 4.78 is 0. The first-order valence-electron chi connectivity index (χ1n) is 14.7. The Morgan fingerprint density at radius 1 is 0.323 bits per heavy atom. The van der Waals surface area contributed by atoms with Crippen molar-refractivity contribution < 1.29 is 0 Å². The standard InChI is InChI=1S/C31H60/c1-3-5-7-9-11-13-15-17-19-21-23-25-27-29-31-30-28-26-24-22-20-18-16-14-12-10-8-6-4-2/h3,5,18,20H,4,6-17,19,21-31H2,1-2H3. The van der Waals surface area contributed by atoms with Crippen LogP contribution in [0.2, 0.25) is 0 Å². The normalized spacial score (nSPS) is 11.9. The van der Waals surface area contributed by atoms with E-state index in [2.05, 4.69) is 38.2 Å². The number of unbranched alkanes of at least 4 members (excludes halogenated alkanes) is 23. The highest BCUT2D eigenvalue weighted by atomic mass is 14.0. The van der Waals surface area contributed by atoms with Crippen molar-refractivity contribution in [1.29, 1.82) is 0 Å². The summed E-state index contributed by atoms with van der Waals surface area (Å²) in [7, 11) is 0. The molecule has 0 heterocycles. The van der Waals surface area contributed by atoms with E-state index in [1.807, 2.05) is 0 Å². The van der Waals surface area contributed by atoms with Crippen molar-refractivity contribution in [3.8, 4) is 0 Å². The molecule has 184 valence electrons. The van der Waals surface area contributed by atoms with Crippen molar-refractivity contribution in [1.82, 2.24) is 0 Å². The highest BCUT2D eigenvalue weighted by molar-refractivity contribution is 4.81. The second-order valence-electron chi connectivity index (χ2n) is 9.83. The summed E-state index contributed by atoms with van der Waals surface area (Å²) in [5, 5.41) is 0. The Balaban J connectivity index is 3.05. The second kappa shape index (κ2) is 29.5. The lowest BCUT2D eigenvalue weighted by Gasteiger charge is -2.03. The van der Waals surface area contributed by atoms with E-state index in [0.29, 0.717) is 0 Å². The number of allylic oxidation sites excluding steroid dienone is 4. The molecular weight excluding hydrogens is 372 g/mol. The van der Waals surface area contributed by atoms with Crippen molar-refractivity contribution in [3.63, 3.8) is 0 Å². The van der Waals surface area contributed by atoms with Crippen molar-refractivity contribution in [2.45, 2.75) is 174 Å². The molecule has 0 heteroatoms. The molecule has 0 aromatic heterocycles. The van der Waals surface area contributed by atoms with Gasteiger partial charge in [-0.1, -0.05) is 153 Å². The van der Waals surface area contributed by atoms with Gasteiger partial charge >= 0.3 is 0 Å². The molecule has 0 spiro atoms. The van der Waals surface area contributed by atoms with Crippen molar-refractivity contribution in [2.75, 3.05) is 0 Å². The molecule has 0 bridgehead atoms. The SMILES string of the molecule is CC=CCCCCCCCCCCCCCCCCCCC=CCCCCCCCC. The fourth-order valence-electron chi connectivity index (χ4n) is 4.44. The maximum absolute atomic E-state index is 2.44. The molecule has 0 N–H and O–H groups in total. The lowest BCUT2D eigenvalue weighted by molar-refractivity contribution is 0.528. The second-order valence-corrected chi connectivity index (χ2v) is 9.83. The minimum Gasteiger partial charge on any atom is -0.0917 e. The summed E-state index contributed by atoms with van der Waals surface area (Å²) in [6.45, 7) is 4.42. The van der Waals surface area contributed by atoms with Crippen LogP contribution in [0.1, 0.15) is 174 Å². The molecule has 0 unspecified atom stereocenters. The van der Waals surface area contributed by atoms with Gasteiger partial charge in [-0.2, -0.15) is 0 Å². The smallest absolute Gasteiger partial charge is 0.0351 e. The van der Waals surface area contributed by atoms with Gasteiger partial charge in [0.2, 0.25) is 0 Å². The predicted octanol–water partition coefficient (Wildman–Crippen LogP) is 11.9. The van der Waals surface area contributed by atoms with Crippen LogP contribution in [-0.2, 0) is 0 Å². The fourth-order valence-corrected chi connectivity index (χ4v) is 4.44. The Morgan fingerprint density at radius 3 is 0.871 bits per heavy atom. The van der Waals surface area contributed by atoms with Crippen molar-refractivity contribution in [2.24, 2.45) is 0 Å². The molecule has 0 radical (unpaired) electrons. The molecule has 0 rings (SSSR count). The number of hydrogen-bond donors (Lipinski definition) is 0. The van der Waals surface area contributed by atoms with Gasteiger partial charge in [0.1, 0.15) is 0 Å². The third kappa shape index (κ3) is 29.5. The summed E-state index contributed by atoms with van der Waals surface area (Å²) in [5.41, 5.74) is 0. The Labute approximate surface area is 198 Å². The summed E-state index contributed by atoms with van der Waals surface area (Å²) >= 11 is 0. The minimum atomic E-state index is 1.28. The van der Waals surface area contributed by atoms with Crippen LogP contribution in [0.4, 0.5) is 0 Å². The Morgan fingerprint density at radius 2 is 0.581 bits per heavy atom.